The van der Waals surface area contributed by atoms with Crippen LogP contribution in [0.25, 0.3) is 11.3 Å². The number of ether oxygens (including phenoxy) is 1. The van der Waals surface area contributed by atoms with E-state index in [0.29, 0.717) is 6.61 Å². The quantitative estimate of drug-likeness (QED) is 0.723. The molecule has 0 bridgehead atoms. The summed E-state index contributed by atoms with van der Waals surface area (Å²) in [6.07, 6.45) is 7.87. The molecule has 1 aromatic heterocycles. The number of nitrogens with zero attached hydrogens (tertiary/aromatic N) is 2. The molecule has 1 fully saturated rings. The molecule has 0 atom stereocenters. The van der Waals surface area contributed by atoms with Gasteiger partial charge >= 0.3 is 0 Å². The molecular weight excluding hydrogens is 296 g/mol. The first-order valence-corrected chi connectivity index (χ1v) is 9.30. The molecule has 0 radical (unpaired) electrons. The lowest BCUT2D eigenvalue weighted by atomic mass is 9.81. The maximum atomic E-state index is 5.48. The zero-order chi connectivity index (χ0) is 16.8. The van der Waals surface area contributed by atoms with Crippen LogP contribution in [0.5, 0.6) is 5.75 Å². The summed E-state index contributed by atoms with van der Waals surface area (Å²) in [5, 5.41) is 8.84. The van der Waals surface area contributed by atoms with Gasteiger partial charge in [-0.1, -0.05) is 32.6 Å². The van der Waals surface area contributed by atoms with Crippen LogP contribution >= 0.6 is 0 Å². The van der Waals surface area contributed by atoms with Crippen molar-refractivity contribution in [2.24, 2.45) is 11.8 Å². The molecule has 1 aliphatic rings. The van der Waals surface area contributed by atoms with E-state index in [-0.39, 0.29) is 0 Å². The van der Waals surface area contributed by atoms with Crippen molar-refractivity contribution in [3.63, 3.8) is 0 Å². The smallest absolute Gasteiger partial charge is 0.119 e. The summed E-state index contributed by atoms with van der Waals surface area (Å²) >= 11 is 0. The highest BCUT2D eigenvalue weighted by molar-refractivity contribution is 5.59. The maximum Gasteiger partial charge on any atom is 0.119 e. The Kier molecular flexibility index (Phi) is 5.84. The lowest BCUT2D eigenvalue weighted by Crippen LogP contribution is -2.13. The normalized spacial score (nSPS) is 20.8. The van der Waals surface area contributed by atoms with Crippen molar-refractivity contribution in [1.82, 2.24) is 10.2 Å². The average molecular weight is 324 g/mol. The minimum Gasteiger partial charge on any atom is -0.494 e. The Morgan fingerprint density at radius 3 is 2.33 bits per heavy atom. The highest BCUT2D eigenvalue weighted by atomic mass is 16.5. The van der Waals surface area contributed by atoms with Crippen molar-refractivity contribution >= 4 is 0 Å². The van der Waals surface area contributed by atoms with Gasteiger partial charge in [-0.15, -0.1) is 0 Å². The number of rotatable bonds is 6. The molecule has 0 saturated heterocycles. The molecule has 2 aromatic rings. The average Bonchev–Trinajstić information content (AvgIpc) is 2.63. The highest BCUT2D eigenvalue weighted by Gasteiger charge is 2.18. The molecule has 0 unspecified atom stereocenters. The topological polar surface area (TPSA) is 35.0 Å². The summed E-state index contributed by atoms with van der Waals surface area (Å²) in [4.78, 5) is 0. The molecule has 0 amide bonds. The van der Waals surface area contributed by atoms with Gasteiger partial charge in [0, 0.05) is 5.56 Å². The second-order valence-corrected chi connectivity index (χ2v) is 7.03. The fourth-order valence-electron chi connectivity index (χ4n) is 3.51. The Morgan fingerprint density at radius 1 is 0.958 bits per heavy atom. The van der Waals surface area contributed by atoms with Gasteiger partial charge in [0.15, 0.2) is 0 Å². The summed E-state index contributed by atoms with van der Waals surface area (Å²) in [5.74, 6) is 2.70. The first-order valence-electron chi connectivity index (χ1n) is 9.30. The lowest BCUT2D eigenvalue weighted by molar-refractivity contribution is 0.277. The summed E-state index contributed by atoms with van der Waals surface area (Å²) < 4.78 is 5.48. The summed E-state index contributed by atoms with van der Waals surface area (Å²) in [5.41, 5.74) is 3.12. The third-order valence-corrected chi connectivity index (χ3v) is 5.13. The molecular formula is C21H28N2O. The van der Waals surface area contributed by atoms with Crippen LogP contribution in [0.1, 0.15) is 51.6 Å². The molecule has 0 aliphatic heterocycles. The van der Waals surface area contributed by atoms with Gasteiger partial charge < -0.3 is 4.74 Å². The van der Waals surface area contributed by atoms with Crippen molar-refractivity contribution in [1.29, 1.82) is 0 Å². The predicted molar refractivity (Wildman–Crippen MR) is 98.1 cm³/mol. The Balaban J connectivity index is 1.55. The SMILES string of the molecule is CCOc1ccc(-c2ccc(CCC3CCC(C)CC3)nn2)cc1. The van der Waals surface area contributed by atoms with Gasteiger partial charge in [0.2, 0.25) is 0 Å². The molecule has 1 aromatic carbocycles. The largest absolute Gasteiger partial charge is 0.494 e. The molecule has 1 aliphatic carbocycles. The number of aryl methyl sites for hydroxylation is 1. The van der Waals surface area contributed by atoms with Crippen molar-refractivity contribution in [3.8, 4) is 17.0 Å². The molecule has 3 rings (SSSR count). The van der Waals surface area contributed by atoms with Gasteiger partial charge in [0.05, 0.1) is 18.0 Å². The van der Waals surface area contributed by atoms with Gasteiger partial charge in [0.1, 0.15) is 5.75 Å². The second kappa shape index (κ2) is 8.27. The number of hydrogen-bond donors (Lipinski definition) is 0. The molecule has 128 valence electrons. The molecule has 1 saturated carbocycles. The van der Waals surface area contributed by atoms with E-state index < -0.39 is 0 Å². The van der Waals surface area contributed by atoms with Crippen LogP contribution in [-0.4, -0.2) is 16.8 Å². The van der Waals surface area contributed by atoms with E-state index in [4.69, 9.17) is 4.74 Å². The van der Waals surface area contributed by atoms with E-state index in [9.17, 15) is 0 Å². The maximum absolute atomic E-state index is 5.48. The van der Waals surface area contributed by atoms with E-state index in [1.54, 1.807) is 0 Å². The molecule has 0 N–H and O–H groups in total. The van der Waals surface area contributed by atoms with E-state index in [1.807, 2.05) is 31.2 Å². The van der Waals surface area contributed by atoms with Gasteiger partial charge in [-0.3, -0.25) is 0 Å². The highest BCUT2D eigenvalue weighted by Crippen LogP contribution is 2.31. The minimum absolute atomic E-state index is 0.688. The molecule has 3 heteroatoms. The summed E-state index contributed by atoms with van der Waals surface area (Å²) in [7, 11) is 0. The zero-order valence-electron chi connectivity index (χ0n) is 14.9. The Hall–Kier alpha value is -1.90. The fourth-order valence-corrected chi connectivity index (χ4v) is 3.51. The number of benzene rings is 1. The van der Waals surface area contributed by atoms with Crippen LogP contribution in [0, 0.1) is 11.8 Å². The lowest BCUT2D eigenvalue weighted by Gasteiger charge is -2.25. The first kappa shape index (κ1) is 16.9. The van der Waals surface area contributed by atoms with E-state index in [0.717, 1.165) is 41.0 Å². The third-order valence-electron chi connectivity index (χ3n) is 5.13. The summed E-state index contributed by atoms with van der Waals surface area (Å²) in [6, 6.07) is 12.3. The van der Waals surface area contributed by atoms with E-state index in [2.05, 4.69) is 29.3 Å². The van der Waals surface area contributed by atoms with E-state index >= 15 is 0 Å². The van der Waals surface area contributed by atoms with Crippen molar-refractivity contribution in [3.05, 3.63) is 42.1 Å². The van der Waals surface area contributed by atoms with Gasteiger partial charge in [0.25, 0.3) is 0 Å². The summed E-state index contributed by atoms with van der Waals surface area (Å²) in [6.45, 7) is 5.06. The van der Waals surface area contributed by atoms with E-state index in [1.165, 1.54) is 32.1 Å². The fraction of sp³-hybridized carbons (Fsp3) is 0.524. The molecule has 24 heavy (non-hydrogen) atoms. The zero-order valence-corrected chi connectivity index (χ0v) is 14.9. The van der Waals surface area contributed by atoms with Crippen LogP contribution in [0.15, 0.2) is 36.4 Å². The van der Waals surface area contributed by atoms with Gasteiger partial charge in [-0.05, 0) is 68.0 Å². The van der Waals surface area contributed by atoms with Crippen LogP contribution in [0.4, 0.5) is 0 Å². The number of aromatic nitrogens is 2. The molecule has 3 nitrogen and oxygen atoms in total. The van der Waals surface area contributed by atoms with Crippen LogP contribution in [0.3, 0.4) is 0 Å². The van der Waals surface area contributed by atoms with Crippen molar-refractivity contribution in [2.75, 3.05) is 6.61 Å². The first-order chi connectivity index (χ1) is 11.7. The molecule has 0 spiro atoms. The standard InChI is InChI=1S/C21H28N2O/c1-3-24-20-13-9-18(10-14-20)21-15-12-19(22-23-21)11-8-17-6-4-16(2)5-7-17/h9-10,12-17H,3-8,11H2,1-2H3. The van der Waals surface area contributed by atoms with Crippen LogP contribution in [-0.2, 0) is 6.42 Å². The van der Waals surface area contributed by atoms with Crippen LogP contribution < -0.4 is 4.74 Å². The number of hydrogen-bond acceptors (Lipinski definition) is 3. The minimum atomic E-state index is 0.688. The predicted octanol–water partition coefficient (Wildman–Crippen LogP) is 5.30. The van der Waals surface area contributed by atoms with Gasteiger partial charge in [-0.25, -0.2) is 0 Å². The van der Waals surface area contributed by atoms with Crippen LogP contribution in [0.2, 0.25) is 0 Å². The van der Waals surface area contributed by atoms with Crippen molar-refractivity contribution in [2.45, 2.75) is 52.4 Å². The Morgan fingerprint density at radius 2 is 1.71 bits per heavy atom. The monoisotopic (exact) mass is 324 g/mol. The second-order valence-electron chi connectivity index (χ2n) is 7.03. The Labute approximate surface area is 145 Å². The van der Waals surface area contributed by atoms with Crippen molar-refractivity contribution < 1.29 is 4.74 Å². The Bertz CT molecular complexity index is 613. The third kappa shape index (κ3) is 4.56. The van der Waals surface area contributed by atoms with Gasteiger partial charge in [-0.2, -0.15) is 10.2 Å². The molecule has 1 heterocycles.